The Morgan fingerprint density at radius 3 is 2.15 bits per heavy atom. The number of rotatable bonds is 3. The second kappa shape index (κ2) is 4.11. The first kappa shape index (κ1) is 11.7. The number of halogens is 3. The fourth-order valence-corrected chi connectivity index (χ4v) is 0.645. The van der Waals surface area contributed by atoms with Crippen LogP contribution in [0.25, 0.3) is 0 Å². The van der Waals surface area contributed by atoms with Gasteiger partial charge in [0.15, 0.2) is 5.92 Å². The molecular formula is C6H7F3O4. The summed E-state index contributed by atoms with van der Waals surface area (Å²) in [4.78, 5) is 20.7. The summed E-state index contributed by atoms with van der Waals surface area (Å²) in [6.07, 6.45) is -6.41. The molecule has 7 heteroatoms. The van der Waals surface area contributed by atoms with Gasteiger partial charge in [-0.1, -0.05) is 0 Å². The summed E-state index contributed by atoms with van der Waals surface area (Å²) in [6, 6.07) is 0. The van der Waals surface area contributed by atoms with Gasteiger partial charge in [0.25, 0.3) is 0 Å². The highest BCUT2D eigenvalue weighted by Crippen LogP contribution is 2.25. The number of carboxylic acids is 1. The third-order valence-corrected chi connectivity index (χ3v) is 1.22. The van der Waals surface area contributed by atoms with E-state index >= 15 is 0 Å². The van der Waals surface area contributed by atoms with Crippen LogP contribution in [-0.2, 0) is 14.3 Å². The second-order valence-corrected chi connectivity index (χ2v) is 2.23. The van der Waals surface area contributed by atoms with Crippen LogP contribution >= 0.6 is 0 Å². The standard InChI is InChI=1S/C6H7F3O4/c1-13-5(12)3(4(10)11)2-6(7,8)9/h3H,2H2,1H3,(H,10,11). The molecule has 0 rings (SSSR count). The number of carbonyl (C=O) groups excluding carboxylic acids is 1. The summed E-state index contributed by atoms with van der Waals surface area (Å²) >= 11 is 0. The smallest absolute Gasteiger partial charge is 0.390 e. The van der Waals surface area contributed by atoms with Crippen LogP contribution < -0.4 is 0 Å². The molecule has 76 valence electrons. The zero-order valence-corrected chi connectivity index (χ0v) is 6.59. The molecule has 0 aromatic heterocycles. The van der Waals surface area contributed by atoms with Gasteiger partial charge < -0.3 is 9.84 Å². The van der Waals surface area contributed by atoms with Gasteiger partial charge in [0.1, 0.15) is 0 Å². The van der Waals surface area contributed by atoms with Crippen molar-refractivity contribution < 1.29 is 32.6 Å². The van der Waals surface area contributed by atoms with Gasteiger partial charge in [-0.2, -0.15) is 13.2 Å². The molecule has 0 saturated heterocycles. The lowest BCUT2D eigenvalue weighted by Crippen LogP contribution is -2.30. The van der Waals surface area contributed by atoms with Crippen molar-refractivity contribution in [3.8, 4) is 0 Å². The molecule has 0 amide bonds. The number of hydrogen-bond acceptors (Lipinski definition) is 3. The minimum atomic E-state index is -4.70. The molecule has 1 N–H and O–H groups in total. The van der Waals surface area contributed by atoms with E-state index in [4.69, 9.17) is 5.11 Å². The highest BCUT2D eigenvalue weighted by Gasteiger charge is 2.40. The quantitative estimate of drug-likeness (QED) is 0.541. The Kier molecular flexibility index (Phi) is 3.70. The fraction of sp³-hybridized carbons (Fsp3) is 0.667. The molecule has 0 aromatic carbocycles. The van der Waals surface area contributed by atoms with Gasteiger partial charge in [-0.15, -0.1) is 0 Å². The number of alkyl halides is 3. The highest BCUT2D eigenvalue weighted by molar-refractivity contribution is 5.93. The Hall–Kier alpha value is -1.27. The number of ether oxygens (including phenoxy) is 1. The zero-order valence-electron chi connectivity index (χ0n) is 6.59. The third kappa shape index (κ3) is 4.34. The molecule has 1 atom stereocenters. The lowest BCUT2D eigenvalue weighted by atomic mass is 10.1. The number of aliphatic carboxylic acids is 1. The van der Waals surface area contributed by atoms with Crippen LogP contribution in [0.4, 0.5) is 13.2 Å². The maximum absolute atomic E-state index is 11.7. The van der Waals surface area contributed by atoms with E-state index in [1.165, 1.54) is 0 Å². The first-order chi connectivity index (χ1) is 5.78. The molecule has 0 aromatic rings. The molecule has 13 heavy (non-hydrogen) atoms. The van der Waals surface area contributed by atoms with E-state index in [1.807, 2.05) is 0 Å². The molecule has 0 saturated carbocycles. The van der Waals surface area contributed by atoms with Crippen molar-refractivity contribution in [2.24, 2.45) is 5.92 Å². The van der Waals surface area contributed by atoms with Crippen molar-refractivity contribution in [2.45, 2.75) is 12.6 Å². The summed E-state index contributed by atoms with van der Waals surface area (Å²) in [5, 5.41) is 8.24. The number of esters is 1. The molecule has 1 unspecified atom stereocenters. The molecule has 0 fully saturated rings. The van der Waals surface area contributed by atoms with E-state index in [2.05, 4.69) is 4.74 Å². The van der Waals surface area contributed by atoms with Crippen LogP contribution in [0.2, 0.25) is 0 Å². The molecule has 0 radical (unpaired) electrons. The predicted molar refractivity (Wildman–Crippen MR) is 33.8 cm³/mol. The van der Waals surface area contributed by atoms with Gasteiger partial charge in [0.05, 0.1) is 13.5 Å². The topological polar surface area (TPSA) is 63.6 Å². The highest BCUT2D eigenvalue weighted by atomic mass is 19.4. The predicted octanol–water partition coefficient (Wildman–Crippen LogP) is 0.813. The Balaban J connectivity index is 4.45. The number of methoxy groups -OCH3 is 1. The van der Waals surface area contributed by atoms with Crippen LogP contribution in [0.1, 0.15) is 6.42 Å². The second-order valence-electron chi connectivity index (χ2n) is 2.23. The van der Waals surface area contributed by atoms with Crippen molar-refractivity contribution in [1.29, 1.82) is 0 Å². The van der Waals surface area contributed by atoms with Crippen molar-refractivity contribution in [2.75, 3.05) is 7.11 Å². The molecule has 0 aliphatic heterocycles. The Bertz CT molecular complexity index is 210. The van der Waals surface area contributed by atoms with Gasteiger partial charge in [-0.25, -0.2) is 0 Å². The normalized spacial score (nSPS) is 13.5. The van der Waals surface area contributed by atoms with Crippen LogP contribution in [0.15, 0.2) is 0 Å². The Morgan fingerprint density at radius 1 is 1.46 bits per heavy atom. The molecule has 0 bridgehead atoms. The molecule has 0 aliphatic rings. The van der Waals surface area contributed by atoms with E-state index in [0.29, 0.717) is 0 Å². The molecule has 4 nitrogen and oxygen atoms in total. The van der Waals surface area contributed by atoms with Crippen LogP contribution in [0, 0.1) is 5.92 Å². The van der Waals surface area contributed by atoms with Gasteiger partial charge >= 0.3 is 18.1 Å². The average Bonchev–Trinajstić information content (AvgIpc) is 1.96. The number of carboxylic acid groups (broad SMARTS) is 1. The van der Waals surface area contributed by atoms with E-state index in [0.717, 1.165) is 7.11 Å². The molecule has 0 spiro atoms. The van der Waals surface area contributed by atoms with Crippen LogP contribution in [0.3, 0.4) is 0 Å². The van der Waals surface area contributed by atoms with E-state index in [1.54, 1.807) is 0 Å². The van der Waals surface area contributed by atoms with Crippen LogP contribution in [0.5, 0.6) is 0 Å². The summed E-state index contributed by atoms with van der Waals surface area (Å²) in [5.74, 6) is -5.42. The van der Waals surface area contributed by atoms with Crippen molar-refractivity contribution in [1.82, 2.24) is 0 Å². The van der Waals surface area contributed by atoms with Crippen molar-refractivity contribution in [3.05, 3.63) is 0 Å². The van der Waals surface area contributed by atoms with E-state index in [-0.39, 0.29) is 0 Å². The van der Waals surface area contributed by atoms with Gasteiger partial charge in [0.2, 0.25) is 0 Å². The van der Waals surface area contributed by atoms with Gasteiger partial charge in [-0.05, 0) is 0 Å². The summed E-state index contributed by atoms with van der Waals surface area (Å²) in [7, 11) is 0.828. The van der Waals surface area contributed by atoms with E-state index in [9.17, 15) is 22.8 Å². The molecule has 0 aliphatic carbocycles. The van der Waals surface area contributed by atoms with Crippen LogP contribution in [-0.4, -0.2) is 30.3 Å². The van der Waals surface area contributed by atoms with Crippen molar-refractivity contribution >= 4 is 11.9 Å². The summed E-state index contributed by atoms with van der Waals surface area (Å²) in [6.45, 7) is 0. The number of carbonyl (C=O) groups is 2. The first-order valence-corrected chi connectivity index (χ1v) is 3.15. The number of hydrogen-bond donors (Lipinski definition) is 1. The van der Waals surface area contributed by atoms with Gasteiger partial charge in [0, 0.05) is 0 Å². The monoisotopic (exact) mass is 200 g/mol. The van der Waals surface area contributed by atoms with Crippen molar-refractivity contribution in [3.63, 3.8) is 0 Å². The molecule has 0 heterocycles. The minimum absolute atomic E-state index is 0.828. The molecular weight excluding hydrogens is 193 g/mol. The summed E-state index contributed by atoms with van der Waals surface area (Å²) < 4.78 is 39.0. The van der Waals surface area contributed by atoms with E-state index < -0.39 is 30.5 Å². The third-order valence-electron chi connectivity index (χ3n) is 1.22. The summed E-state index contributed by atoms with van der Waals surface area (Å²) in [5.41, 5.74) is 0. The maximum atomic E-state index is 11.7. The zero-order chi connectivity index (χ0) is 10.6. The SMILES string of the molecule is COC(=O)C(CC(F)(F)F)C(=O)O. The Morgan fingerprint density at radius 2 is 1.92 bits per heavy atom. The maximum Gasteiger partial charge on any atom is 0.390 e. The Labute approximate surface area is 71.3 Å². The lowest BCUT2D eigenvalue weighted by Gasteiger charge is -2.11. The minimum Gasteiger partial charge on any atom is -0.481 e. The average molecular weight is 200 g/mol. The van der Waals surface area contributed by atoms with Gasteiger partial charge in [-0.3, -0.25) is 9.59 Å². The fourth-order valence-electron chi connectivity index (χ4n) is 0.645. The lowest BCUT2D eigenvalue weighted by molar-refractivity contribution is -0.176. The first-order valence-electron chi connectivity index (χ1n) is 3.15. The largest absolute Gasteiger partial charge is 0.481 e.